The minimum Gasteiger partial charge on any atom is -0.389 e. The van der Waals surface area contributed by atoms with Crippen LogP contribution in [0.3, 0.4) is 0 Å². The summed E-state index contributed by atoms with van der Waals surface area (Å²) in [7, 11) is 0. The molecule has 1 aliphatic heterocycles. The van der Waals surface area contributed by atoms with E-state index >= 15 is 0 Å². The Morgan fingerprint density at radius 2 is 2.08 bits per heavy atom. The van der Waals surface area contributed by atoms with E-state index < -0.39 is 12.1 Å². The molecule has 0 unspecified atom stereocenters. The number of hydrogen-bond acceptors (Lipinski definition) is 4. The molecule has 2 heterocycles. The molecule has 126 valence electrons. The largest absolute Gasteiger partial charge is 0.389 e. The molecular weight excluding hydrogens is 308 g/mol. The number of β-amino-alcohol motifs (C(OH)–C–C–N with tert-alkyl or cyclic N) is 1. The van der Waals surface area contributed by atoms with Gasteiger partial charge in [-0.05, 0) is 25.5 Å². The van der Waals surface area contributed by atoms with E-state index in [1.54, 1.807) is 24.0 Å². The van der Waals surface area contributed by atoms with Gasteiger partial charge in [-0.15, -0.1) is 0 Å². The summed E-state index contributed by atoms with van der Waals surface area (Å²) in [5.74, 6) is -0.428. The van der Waals surface area contributed by atoms with Crippen LogP contribution in [0.1, 0.15) is 33.0 Å². The van der Waals surface area contributed by atoms with E-state index in [4.69, 9.17) is 0 Å². The Balaban J connectivity index is 1.60. The second-order valence-corrected chi connectivity index (χ2v) is 5.93. The number of aromatic nitrogens is 2. The molecule has 1 aromatic heterocycles. The zero-order valence-corrected chi connectivity index (χ0v) is 13.4. The molecule has 7 heteroatoms. The summed E-state index contributed by atoms with van der Waals surface area (Å²) in [5.41, 5.74) is 1.60. The fourth-order valence-corrected chi connectivity index (χ4v) is 2.87. The highest BCUT2D eigenvalue weighted by molar-refractivity contribution is 5.95. The van der Waals surface area contributed by atoms with Crippen molar-refractivity contribution in [1.29, 1.82) is 0 Å². The summed E-state index contributed by atoms with van der Waals surface area (Å²) >= 11 is 0. The van der Waals surface area contributed by atoms with Crippen LogP contribution in [0, 0.1) is 6.92 Å². The van der Waals surface area contributed by atoms with Gasteiger partial charge >= 0.3 is 0 Å². The third-order valence-electron chi connectivity index (χ3n) is 4.25. The number of hydrogen-bond donors (Lipinski definition) is 3. The normalized spacial score (nSPS) is 20.7. The maximum absolute atomic E-state index is 12.4. The number of H-pyrrole nitrogens is 1. The molecule has 7 nitrogen and oxygen atoms in total. The number of aliphatic hydroxyl groups is 1. The molecule has 0 bridgehead atoms. The Labute approximate surface area is 139 Å². The smallest absolute Gasteiger partial charge is 0.272 e. The lowest BCUT2D eigenvalue weighted by molar-refractivity contribution is 0.0314. The fraction of sp³-hybridized carbons (Fsp3) is 0.353. The molecule has 1 aromatic carbocycles. The van der Waals surface area contributed by atoms with Gasteiger partial charge in [0, 0.05) is 24.3 Å². The van der Waals surface area contributed by atoms with E-state index in [1.807, 2.05) is 18.2 Å². The molecule has 1 saturated heterocycles. The van der Waals surface area contributed by atoms with Crippen LogP contribution in [0.5, 0.6) is 0 Å². The fourth-order valence-electron chi connectivity index (χ4n) is 2.87. The number of carbonyl (C=O) groups is 2. The second-order valence-electron chi connectivity index (χ2n) is 5.93. The van der Waals surface area contributed by atoms with Gasteiger partial charge in [0.1, 0.15) is 5.69 Å². The molecule has 0 aliphatic carbocycles. The van der Waals surface area contributed by atoms with Crippen molar-refractivity contribution in [2.24, 2.45) is 0 Å². The third-order valence-corrected chi connectivity index (χ3v) is 4.25. The zero-order valence-electron chi connectivity index (χ0n) is 13.4. The van der Waals surface area contributed by atoms with E-state index in [0.717, 1.165) is 0 Å². The lowest BCUT2D eigenvalue weighted by atomic mass is 10.0. The van der Waals surface area contributed by atoms with Crippen molar-refractivity contribution >= 4 is 11.8 Å². The third kappa shape index (κ3) is 3.30. The summed E-state index contributed by atoms with van der Waals surface area (Å²) in [6, 6.07) is 8.58. The monoisotopic (exact) mass is 328 g/mol. The molecule has 2 amide bonds. The number of nitrogens with one attached hydrogen (secondary N) is 2. The minimum atomic E-state index is -0.811. The summed E-state index contributed by atoms with van der Waals surface area (Å²) in [6.07, 6.45) is 1.14. The Hall–Kier alpha value is -2.67. The number of likely N-dealkylation sites (tertiary alicyclic amines) is 1. The first-order valence-corrected chi connectivity index (χ1v) is 7.89. The number of nitrogens with zero attached hydrogens (tertiary/aromatic N) is 2. The Morgan fingerprint density at radius 3 is 2.71 bits per heavy atom. The standard InChI is InChI=1S/C17H20N4O3/c1-11-15(19-10-18-11)16(23)20-13-7-8-21(9-14(13)22)17(24)12-5-3-2-4-6-12/h2-6,10,13-14,22H,7-9H2,1H3,(H,18,19)(H,20,23)/t13-,14-/m1/s1. The van der Waals surface area contributed by atoms with Gasteiger partial charge < -0.3 is 20.3 Å². The number of aromatic amines is 1. The van der Waals surface area contributed by atoms with Crippen LogP contribution in [0.2, 0.25) is 0 Å². The van der Waals surface area contributed by atoms with Crippen LogP contribution in [0.25, 0.3) is 0 Å². The van der Waals surface area contributed by atoms with Gasteiger partial charge in [-0.25, -0.2) is 4.98 Å². The predicted octanol–water partition coefficient (Wildman–Crippen LogP) is 0.724. The van der Waals surface area contributed by atoms with Gasteiger partial charge in [0.15, 0.2) is 0 Å². The number of piperidine rings is 1. The average Bonchev–Trinajstić information content (AvgIpc) is 3.03. The predicted molar refractivity (Wildman–Crippen MR) is 87.5 cm³/mol. The number of benzene rings is 1. The zero-order chi connectivity index (χ0) is 17.1. The molecule has 2 aromatic rings. The summed E-state index contributed by atoms with van der Waals surface area (Å²) in [6.45, 7) is 2.44. The maximum Gasteiger partial charge on any atom is 0.272 e. The second kappa shape index (κ2) is 6.84. The number of imidazole rings is 1. The summed E-state index contributed by atoms with van der Waals surface area (Å²) in [4.78, 5) is 33.1. The van der Waals surface area contributed by atoms with Crippen molar-refractivity contribution < 1.29 is 14.7 Å². The number of amides is 2. The summed E-state index contributed by atoms with van der Waals surface area (Å²) < 4.78 is 0. The lowest BCUT2D eigenvalue weighted by Gasteiger charge is -2.36. The summed E-state index contributed by atoms with van der Waals surface area (Å²) in [5, 5.41) is 13.1. The van der Waals surface area contributed by atoms with Crippen molar-refractivity contribution in [3.05, 3.63) is 53.6 Å². The first kappa shape index (κ1) is 16.2. The molecule has 0 spiro atoms. The van der Waals surface area contributed by atoms with Crippen LogP contribution in [-0.4, -0.2) is 57.0 Å². The maximum atomic E-state index is 12.4. The molecule has 1 fully saturated rings. The van der Waals surface area contributed by atoms with Crippen molar-refractivity contribution in [2.45, 2.75) is 25.5 Å². The topological polar surface area (TPSA) is 98.3 Å². The highest BCUT2D eigenvalue weighted by Gasteiger charge is 2.32. The van der Waals surface area contributed by atoms with Gasteiger partial charge in [-0.1, -0.05) is 18.2 Å². The van der Waals surface area contributed by atoms with Gasteiger partial charge in [-0.3, -0.25) is 9.59 Å². The molecule has 0 saturated carbocycles. The molecule has 3 N–H and O–H groups in total. The minimum absolute atomic E-state index is 0.109. The molecule has 1 aliphatic rings. The average molecular weight is 328 g/mol. The number of carbonyl (C=O) groups excluding carboxylic acids is 2. The molecule has 24 heavy (non-hydrogen) atoms. The van der Waals surface area contributed by atoms with Gasteiger partial charge in [0.2, 0.25) is 0 Å². The van der Waals surface area contributed by atoms with E-state index in [-0.39, 0.29) is 18.4 Å². The first-order valence-electron chi connectivity index (χ1n) is 7.89. The van der Waals surface area contributed by atoms with Crippen molar-refractivity contribution in [3.8, 4) is 0 Å². The van der Waals surface area contributed by atoms with Crippen LogP contribution in [-0.2, 0) is 0 Å². The van der Waals surface area contributed by atoms with Crippen molar-refractivity contribution in [3.63, 3.8) is 0 Å². The van der Waals surface area contributed by atoms with E-state index in [0.29, 0.717) is 29.9 Å². The van der Waals surface area contributed by atoms with Crippen LogP contribution in [0.15, 0.2) is 36.7 Å². The Morgan fingerprint density at radius 1 is 1.33 bits per heavy atom. The number of aryl methyl sites for hydroxylation is 1. The van der Waals surface area contributed by atoms with Crippen LogP contribution < -0.4 is 5.32 Å². The van der Waals surface area contributed by atoms with E-state index in [1.165, 1.54) is 6.33 Å². The van der Waals surface area contributed by atoms with Crippen LogP contribution >= 0.6 is 0 Å². The Kier molecular flexibility index (Phi) is 4.61. The van der Waals surface area contributed by atoms with Gasteiger partial charge in [0.25, 0.3) is 11.8 Å². The molecular formula is C17H20N4O3. The number of aliphatic hydroxyl groups excluding tert-OH is 1. The lowest BCUT2D eigenvalue weighted by Crippen LogP contribution is -2.55. The Bertz CT molecular complexity index is 728. The molecule has 0 radical (unpaired) electrons. The number of rotatable bonds is 3. The van der Waals surface area contributed by atoms with Gasteiger partial charge in [0.05, 0.1) is 18.5 Å². The van der Waals surface area contributed by atoms with E-state index in [2.05, 4.69) is 15.3 Å². The van der Waals surface area contributed by atoms with Gasteiger partial charge in [-0.2, -0.15) is 0 Å². The quantitative estimate of drug-likeness (QED) is 0.773. The highest BCUT2D eigenvalue weighted by atomic mass is 16.3. The van der Waals surface area contributed by atoms with Crippen molar-refractivity contribution in [1.82, 2.24) is 20.2 Å². The molecule has 2 atom stereocenters. The highest BCUT2D eigenvalue weighted by Crippen LogP contribution is 2.15. The molecule has 3 rings (SSSR count). The van der Waals surface area contributed by atoms with E-state index in [9.17, 15) is 14.7 Å². The van der Waals surface area contributed by atoms with Crippen molar-refractivity contribution in [2.75, 3.05) is 13.1 Å². The first-order chi connectivity index (χ1) is 11.6. The van der Waals surface area contributed by atoms with Crippen LogP contribution in [0.4, 0.5) is 0 Å². The SMILES string of the molecule is Cc1[nH]cnc1C(=O)N[C@@H]1CCN(C(=O)c2ccccc2)C[C@H]1O.